The van der Waals surface area contributed by atoms with Gasteiger partial charge in [0.2, 0.25) is 5.88 Å². The highest BCUT2D eigenvalue weighted by Crippen LogP contribution is 2.49. The molecule has 0 amide bonds. The van der Waals surface area contributed by atoms with E-state index in [9.17, 15) is 0 Å². The van der Waals surface area contributed by atoms with Gasteiger partial charge < -0.3 is 4.74 Å². The Morgan fingerprint density at radius 1 is 1.46 bits per heavy atom. The van der Waals surface area contributed by atoms with Gasteiger partial charge >= 0.3 is 0 Å². The van der Waals surface area contributed by atoms with Crippen LogP contribution in [0, 0.1) is 0 Å². The molecule has 0 saturated heterocycles. The van der Waals surface area contributed by atoms with Crippen molar-refractivity contribution in [2.45, 2.75) is 30.1 Å². The summed E-state index contributed by atoms with van der Waals surface area (Å²) in [4.78, 5) is 9.02. The van der Waals surface area contributed by atoms with Crippen molar-refractivity contribution in [1.82, 2.24) is 9.97 Å². The predicted molar refractivity (Wildman–Crippen MR) is 52.4 cm³/mol. The zero-order chi connectivity index (χ0) is 9.47. The van der Waals surface area contributed by atoms with E-state index in [1.165, 1.54) is 19.2 Å². The molecular weight excluding hydrogens is 184 g/mol. The van der Waals surface area contributed by atoms with Crippen LogP contribution >= 0.6 is 12.6 Å². The Morgan fingerprint density at radius 2 is 2.15 bits per heavy atom. The van der Waals surface area contributed by atoms with Crippen LogP contribution in [0.1, 0.15) is 25.5 Å². The average Bonchev–Trinajstić information content (AvgIpc) is 2.85. The molecule has 3 nitrogen and oxygen atoms in total. The van der Waals surface area contributed by atoms with Gasteiger partial charge in [-0.1, -0.05) is 6.92 Å². The van der Waals surface area contributed by atoms with Crippen molar-refractivity contribution >= 4 is 12.6 Å². The molecule has 0 atom stereocenters. The summed E-state index contributed by atoms with van der Waals surface area (Å²) in [5.41, 5.74) is 1.23. The third kappa shape index (κ3) is 1.39. The Bertz CT molecular complexity index is 336. The molecule has 0 spiro atoms. The van der Waals surface area contributed by atoms with Gasteiger partial charge in [0.1, 0.15) is 6.33 Å². The Morgan fingerprint density at radius 3 is 2.69 bits per heavy atom. The maximum atomic E-state index is 5.08. The lowest BCUT2D eigenvalue weighted by Gasteiger charge is -2.11. The van der Waals surface area contributed by atoms with Crippen molar-refractivity contribution < 1.29 is 4.74 Å². The predicted octanol–water partition coefficient (Wildman–Crippen LogP) is 1.83. The summed E-state index contributed by atoms with van der Waals surface area (Å²) in [5, 5.41) is 0. The first kappa shape index (κ1) is 8.81. The maximum absolute atomic E-state index is 5.08. The fourth-order valence-corrected chi connectivity index (χ4v) is 1.85. The van der Waals surface area contributed by atoms with Crippen LogP contribution in [0.4, 0.5) is 0 Å². The van der Waals surface area contributed by atoms with Gasteiger partial charge in [0.05, 0.1) is 17.7 Å². The number of aromatic nitrogens is 2. The summed E-state index contributed by atoms with van der Waals surface area (Å²) in [5.74, 6) is 0.571. The van der Waals surface area contributed by atoms with Crippen LogP contribution in [0.5, 0.6) is 5.88 Å². The lowest BCUT2D eigenvalue weighted by molar-refractivity contribution is 0.382. The number of ether oxygens (including phenoxy) is 1. The molecule has 13 heavy (non-hydrogen) atoms. The minimum absolute atomic E-state index is 0.216. The molecule has 1 aliphatic carbocycles. The van der Waals surface area contributed by atoms with Gasteiger partial charge in [-0.2, -0.15) is 0 Å². The standard InChI is InChI=1S/C9H12N2OS/c1-9(3-4-9)7-6(13)8(12-2)11-5-10-7/h5,13H,3-4H2,1-2H3. The largest absolute Gasteiger partial charge is 0.480 e. The van der Waals surface area contributed by atoms with Crippen molar-refractivity contribution in [3.8, 4) is 5.88 Å². The number of methoxy groups -OCH3 is 1. The molecule has 0 unspecified atom stereocenters. The summed E-state index contributed by atoms with van der Waals surface area (Å²) in [6.45, 7) is 2.19. The first-order chi connectivity index (χ1) is 6.17. The third-order valence-corrected chi connectivity index (χ3v) is 2.96. The molecule has 1 saturated carbocycles. The van der Waals surface area contributed by atoms with Crippen LogP contribution in [0.25, 0.3) is 0 Å². The lowest BCUT2D eigenvalue weighted by atomic mass is 10.1. The first-order valence-electron chi connectivity index (χ1n) is 4.26. The zero-order valence-corrected chi connectivity index (χ0v) is 8.64. The van der Waals surface area contributed by atoms with Crippen LogP contribution in [0.15, 0.2) is 11.2 Å². The van der Waals surface area contributed by atoms with E-state index >= 15 is 0 Å². The maximum Gasteiger partial charge on any atom is 0.230 e. The van der Waals surface area contributed by atoms with Gasteiger partial charge in [0.15, 0.2) is 0 Å². The molecule has 0 bridgehead atoms. The third-order valence-electron chi connectivity index (χ3n) is 2.55. The van der Waals surface area contributed by atoms with Crippen molar-refractivity contribution in [2.75, 3.05) is 7.11 Å². The first-order valence-corrected chi connectivity index (χ1v) is 4.70. The minimum atomic E-state index is 0.216. The fraction of sp³-hybridized carbons (Fsp3) is 0.556. The second kappa shape index (κ2) is 2.87. The average molecular weight is 196 g/mol. The van der Waals surface area contributed by atoms with E-state index in [-0.39, 0.29) is 5.41 Å². The number of hydrogen-bond acceptors (Lipinski definition) is 4. The smallest absolute Gasteiger partial charge is 0.230 e. The van der Waals surface area contributed by atoms with Crippen molar-refractivity contribution in [3.05, 3.63) is 12.0 Å². The van der Waals surface area contributed by atoms with Gasteiger partial charge in [0.25, 0.3) is 0 Å². The molecule has 1 aromatic heterocycles. The second-order valence-corrected chi connectivity index (χ2v) is 4.09. The SMILES string of the molecule is COc1ncnc(C2(C)CC2)c1S. The molecule has 1 aromatic rings. The summed E-state index contributed by atoms with van der Waals surface area (Å²) in [6.07, 6.45) is 3.90. The highest BCUT2D eigenvalue weighted by Gasteiger charge is 2.42. The molecule has 70 valence electrons. The molecule has 1 aliphatic rings. The number of hydrogen-bond donors (Lipinski definition) is 1. The monoisotopic (exact) mass is 196 g/mol. The quantitative estimate of drug-likeness (QED) is 0.733. The lowest BCUT2D eigenvalue weighted by Crippen LogP contribution is -2.06. The Balaban J connectivity index is 2.46. The van der Waals surface area contributed by atoms with Gasteiger partial charge in [-0.3, -0.25) is 0 Å². The topological polar surface area (TPSA) is 35.0 Å². The number of thiol groups is 1. The van der Waals surface area contributed by atoms with Crippen LogP contribution in [-0.2, 0) is 5.41 Å². The van der Waals surface area contributed by atoms with Crippen molar-refractivity contribution in [2.24, 2.45) is 0 Å². The molecular formula is C9H12N2OS. The van der Waals surface area contributed by atoms with Crippen LogP contribution in [-0.4, -0.2) is 17.1 Å². The van der Waals surface area contributed by atoms with Crippen LogP contribution < -0.4 is 4.74 Å². The van der Waals surface area contributed by atoms with E-state index < -0.39 is 0 Å². The second-order valence-electron chi connectivity index (χ2n) is 3.64. The van der Waals surface area contributed by atoms with E-state index in [4.69, 9.17) is 4.74 Å². The van der Waals surface area contributed by atoms with Gasteiger partial charge in [-0.25, -0.2) is 9.97 Å². The zero-order valence-electron chi connectivity index (χ0n) is 7.74. The van der Waals surface area contributed by atoms with E-state index in [0.29, 0.717) is 5.88 Å². The van der Waals surface area contributed by atoms with E-state index in [1.54, 1.807) is 7.11 Å². The molecule has 0 N–H and O–H groups in total. The Hall–Kier alpha value is -0.770. The fourth-order valence-electron chi connectivity index (χ4n) is 1.38. The highest BCUT2D eigenvalue weighted by molar-refractivity contribution is 7.80. The highest BCUT2D eigenvalue weighted by atomic mass is 32.1. The summed E-state index contributed by atoms with van der Waals surface area (Å²) in [6, 6.07) is 0. The molecule has 2 rings (SSSR count). The molecule has 1 fully saturated rings. The Kier molecular flexibility index (Phi) is 1.95. The van der Waals surface area contributed by atoms with Crippen LogP contribution in [0.3, 0.4) is 0 Å². The van der Waals surface area contributed by atoms with Gasteiger partial charge in [-0.15, -0.1) is 12.6 Å². The van der Waals surface area contributed by atoms with Crippen molar-refractivity contribution in [3.63, 3.8) is 0 Å². The summed E-state index contributed by atoms with van der Waals surface area (Å²) in [7, 11) is 1.60. The molecule has 4 heteroatoms. The van der Waals surface area contributed by atoms with Gasteiger partial charge in [0, 0.05) is 5.41 Å². The number of nitrogens with zero attached hydrogens (tertiary/aromatic N) is 2. The van der Waals surface area contributed by atoms with E-state index in [2.05, 4.69) is 29.5 Å². The summed E-state index contributed by atoms with van der Waals surface area (Å²) < 4.78 is 5.08. The van der Waals surface area contributed by atoms with Crippen LogP contribution in [0.2, 0.25) is 0 Å². The molecule has 0 aliphatic heterocycles. The normalized spacial score (nSPS) is 18.4. The molecule has 0 aromatic carbocycles. The van der Waals surface area contributed by atoms with E-state index in [0.717, 1.165) is 10.6 Å². The Labute approximate surface area is 83.0 Å². The minimum Gasteiger partial charge on any atom is -0.480 e. The molecule has 1 heterocycles. The van der Waals surface area contributed by atoms with Gasteiger partial charge in [-0.05, 0) is 12.8 Å². The molecule has 0 radical (unpaired) electrons. The van der Waals surface area contributed by atoms with Crippen molar-refractivity contribution in [1.29, 1.82) is 0 Å². The summed E-state index contributed by atoms with van der Waals surface area (Å²) >= 11 is 4.37. The number of rotatable bonds is 2. The van der Waals surface area contributed by atoms with E-state index in [1.807, 2.05) is 0 Å².